The summed E-state index contributed by atoms with van der Waals surface area (Å²) in [7, 11) is 0. The van der Waals surface area contributed by atoms with E-state index in [0.717, 1.165) is 17.0 Å². The van der Waals surface area contributed by atoms with Crippen molar-refractivity contribution >= 4 is 11.8 Å². The Kier molecular flexibility index (Phi) is 5.44. The van der Waals surface area contributed by atoms with Crippen molar-refractivity contribution in [1.82, 2.24) is 5.32 Å². The Bertz CT molecular complexity index is 574. The summed E-state index contributed by atoms with van der Waals surface area (Å²) in [6, 6.07) is 12.7. The van der Waals surface area contributed by atoms with Crippen molar-refractivity contribution in [1.29, 1.82) is 0 Å². The van der Waals surface area contributed by atoms with Crippen molar-refractivity contribution in [3.63, 3.8) is 0 Å². The van der Waals surface area contributed by atoms with Crippen LogP contribution in [-0.4, -0.2) is 12.8 Å². The molecule has 0 aliphatic rings. The Morgan fingerprint density at radius 2 is 1.95 bits per heavy atom. The van der Waals surface area contributed by atoms with E-state index in [9.17, 15) is 4.39 Å². The van der Waals surface area contributed by atoms with E-state index in [1.54, 1.807) is 17.8 Å². The Labute approximate surface area is 123 Å². The second-order valence-corrected chi connectivity index (χ2v) is 5.15. The number of rotatable bonds is 6. The summed E-state index contributed by atoms with van der Waals surface area (Å²) < 4.78 is 19.7. The van der Waals surface area contributed by atoms with Crippen molar-refractivity contribution < 1.29 is 9.13 Å². The van der Waals surface area contributed by atoms with E-state index in [2.05, 4.69) is 5.32 Å². The number of nitrogens with one attached hydrogen (secondary N) is 1. The van der Waals surface area contributed by atoms with Crippen LogP contribution < -0.4 is 10.1 Å². The molecule has 0 saturated carbocycles. The van der Waals surface area contributed by atoms with E-state index in [-0.39, 0.29) is 11.6 Å². The van der Waals surface area contributed by atoms with Crippen LogP contribution in [0, 0.1) is 5.82 Å². The van der Waals surface area contributed by atoms with Crippen LogP contribution in [0.4, 0.5) is 4.39 Å². The number of halogens is 1. The van der Waals surface area contributed by atoms with Crippen LogP contribution in [0.25, 0.3) is 0 Å². The molecule has 2 nitrogen and oxygen atoms in total. The van der Waals surface area contributed by atoms with E-state index >= 15 is 0 Å². The van der Waals surface area contributed by atoms with Gasteiger partial charge in [-0.05, 0) is 42.6 Å². The molecule has 2 aromatic carbocycles. The van der Waals surface area contributed by atoms with Crippen LogP contribution in [0.5, 0.6) is 11.5 Å². The Hall–Kier alpha value is -1.52. The summed E-state index contributed by atoms with van der Waals surface area (Å²) in [4.78, 5) is 0.989. The number of ether oxygens (including phenoxy) is 1. The minimum Gasteiger partial charge on any atom is -0.453 e. The SMILES string of the molecule is CCNCc1ccc(Oc2ccccc2SC)c(F)c1. The quantitative estimate of drug-likeness (QED) is 0.795. The standard InChI is InChI=1S/C16H18FNOS/c1-3-18-11-12-8-9-14(13(17)10-12)19-15-6-4-5-7-16(15)20-2/h4-10,18H,3,11H2,1-2H3. The van der Waals surface area contributed by atoms with Gasteiger partial charge in [-0.15, -0.1) is 11.8 Å². The molecule has 0 aromatic heterocycles. The topological polar surface area (TPSA) is 21.3 Å². The lowest BCUT2D eigenvalue weighted by atomic mass is 10.2. The second kappa shape index (κ2) is 7.31. The smallest absolute Gasteiger partial charge is 0.166 e. The molecule has 0 heterocycles. The summed E-state index contributed by atoms with van der Waals surface area (Å²) in [6.07, 6.45) is 1.97. The number of thioether (sulfide) groups is 1. The minimum atomic E-state index is -0.337. The molecule has 0 saturated heterocycles. The van der Waals surface area contributed by atoms with Crippen molar-refractivity contribution in [2.45, 2.75) is 18.4 Å². The van der Waals surface area contributed by atoms with E-state index in [1.165, 1.54) is 6.07 Å². The van der Waals surface area contributed by atoms with E-state index in [1.807, 2.05) is 43.5 Å². The highest BCUT2D eigenvalue weighted by molar-refractivity contribution is 7.98. The molecule has 0 radical (unpaired) electrons. The highest BCUT2D eigenvalue weighted by Gasteiger charge is 2.08. The molecule has 2 aromatic rings. The lowest BCUT2D eigenvalue weighted by molar-refractivity contribution is 0.433. The summed E-state index contributed by atoms with van der Waals surface area (Å²) in [5.41, 5.74) is 0.912. The second-order valence-electron chi connectivity index (χ2n) is 4.30. The van der Waals surface area contributed by atoms with Gasteiger partial charge < -0.3 is 10.1 Å². The summed E-state index contributed by atoms with van der Waals surface area (Å²) in [5.74, 6) is 0.599. The minimum absolute atomic E-state index is 0.256. The fraction of sp³-hybridized carbons (Fsp3) is 0.250. The van der Waals surface area contributed by atoms with Gasteiger partial charge in [-0.3, -0.25) is 0 Å². The summed E-state index contributed by atoms with van der Waals surface area (Å²) in [5, 5.41) is 3.17. The van der Waals surface area contributed by atoms with Crippen LogP contribution >= 0.6 is 11.8 Å². The number of para-hydroxylation sites is 1. The zero-order valence-electron chi connectivity index (χ0n) is 11.7. The van der Waals surface area contributed by atoms with Crippen LogP contribution in [0.2, 0.25) is 0 Å². The third-order valence-electron chi connectivity index (χ3n) is 2.86. The number of hydrogen-bond donors (Lipinski definition) is 1. The Balaban J connectivity index is 2.17. The van der Waals surface area contributed by atoms with Crippen LogP contribution in [-0.2, 0) is 6.54 Å². The predicted octanol–water partition coefficient (Wildman–Crippen LogP) is 4.45. The molecule has 0 bridgehead atoms. The van der Waals surface area contributed by atoms with Crippen molar-refractivity contribution in [2.75, 3.05) is 12.8 Å². The molecule has 4 heteroatoms. The first-order valence-corrected chi connectivity index (χ1v) is 7.77. The van der Waals surface area contributed by atoms with E-state index in [4.69, 9.17) is 4.74 Å². The number of hydrogen-bond acceptors (Lipinski definition) is 3. The van der Waals surface area contributed by atoms with Gasteiger partial charge in [0.05, 0.1) is 0 Å². The van der Waals surface area contributed by atoms with E-state index < -0.39 is 0 Å². The van der Waals surface area contributed by atoms with Crippen LogP contribution in [0.3, 0.4) is 0 Å². The first kappa shape index (κ1) is 14.9. The van der Waals surface area contributed by atoms with Gasteiger partial charge in [-0.2, -0.15) is 0 Å². The molecule has 0 spiro atoms. The van der Waals surface area contributed by atoms with Gasteiger partial charge in [0.2, 0.25) is 0 Å². The average Bonchev–Trinajstić information content (AvgIpc) is 2.48. The zero-order chi connectivity index (χ0) is 14.4. The summed E-state index contributed by atoms with van der Waals surface area (Å²) >= 11 is 1.58. The third kappa shape index (κ3) is 3.74. The number of benzene rings is 2. The molecule has 0 amide bonds. The molecule has 0 aliphatic carbocycles. The van der Waals surface area contributed by atoms with Gasteiger partial charge in [0, 0.05) is 11.4 Å². The van der Waals surface area contributed by atoms with Gasteiger partial charge in [-0.25, -0.2) is 4.39 Å². The lowest BCUT2D eigenvalue weighted by Gasteiger charge is -2.11. The van der Waals surface area contributed by atoms with Crippen LogP contribution in [0.15, 0.2) is 47.4 Å². The summed E-state index contributed by atoms with van der Waals surface area (Å²) in [6.45, 7) is 3.54. The van der Waals surface area contributed by atoms with Crippen LogP contribution in [0.1, 0.15) is 12.5 Å². The maximum atomic E-state index is 14.0. The molecule has 1 N–H and O–H groups in total. The molecule has 2 rings (SSSR count). The van der Waals surface area contributed by atoms with Gasteiger partial charge in [-0.1, -0.05) is 25.1 Å². The highest BCUT2D eigenvalue weighted by atomic mass is 32.2. The van der Waals surface area contributed by atoms with Crippen molar-refractivity contribution in [2.24, 2.45) is 0 Å². The van der Waals surface area contributed by atoms with Gasteiger partial charge in [0.25, 0.3) is 0 Å². The monoisotopic (exact) mass is 291 g/mol. The fourth-order valence-corrected chi connectivity index (χ4v) is 2.35. The van der Waals surface area contributed by atoms with Crippen molar-refractivity contribution in [3.8, 4) is 11.5 Å². The molecule has 0 unspecified atom stereocenters. The zero-order valence-corrected chi connectivity index (χ0v) is 12.5. The maximum absolute atomic E-state index is 14.0. The fourth-order valence-electron chi connectivity index (χ4n) is 1.83. The Morgan fingerprint density at radius 3 is 2.65 bits per heavy atom. The Morgan fingerprint density at radius 1 is 1.15 bits per heavy atom. The molecule has 20 heavy (non-hydrogen) atoms. The van der Waals surface area contributed by atoms with E-state index in [0.29, 0.717) is 12.3 Å². The largest absolute Gasteiger partial charge is 0.453 e. The third-order valence-corrected chi connectivity index (χ3v) is 3.64. The van der Waals surface area contributed by atoms with Gasteiger partial charge in [0.1, 0.15) is 5.75 Å². The first-order valence-electron chi connectivity index (χ1n) is 6.54. The average molecular weight is 291 g/mol. The molecular weight excluding hydrogens is 273 g/mol. The predicted molar refractivity (Wildman–Crippen MR) is 82.1 cm³/mol. The lowest BCUT2D eigenvalue weighted by Crippen LogP contribution is -2.11. The molecule has 0 fully saturated rings. The molecule has 106 valence electrons. The van der Waals surface area contributed by atoms with Gasteiger partial charge >= 0.3 is 0 Å². The normalized spacial score (nSPS) is 10.6. The molecule has 0 aliphatic heterocycles. The molecule has 0 atom stereocenters. The highest BCUT2D eigenvalue weighted by Crippen LogP contribution is 2.32. The van der Waals surface area contributed by atoms with Gasteiger partial charge in [0.15, 0.2) is 11.6 Å². The maximum Gasteiger partial charge on any atom is 0.166 e. The first-order chi connectivity index (χ1) is 9.74. The molecular formula is C16H18FNOS. The van der Waals surface area contributed by atoms with Crippen molar-refractivity contribution in [3.05, 3.63) is 53.8 Å².